The lowest BCUT2D eigenvalue weighted by Gasteiger charge is -1.98. The third-order valence-electron chi connectivity index (χ3n) is 2.15. The van der Waals surface area contributed by atoms with Gasteiger partial charge in [0.1, 0.15) is 0 Å². The molecule has 0 fully saturated rings. The zero-order valence-electron chi connectivity index (χ0n) is 8.14. The van der Waals surface area contributed by atoms with Crippen LogP contribution in [0.25, 0.3) is 0 Å². The molecule has 1 N–H and O–H groups in total. The minimum absolute atomic E-state index is 0.792. The Bertz CT molecular complexity index is 272. The molecule has 1 rings (SSSR count). The summed E-state index contributed by atoms with van der Waals surface area (Å²) >= 11 is 0. The van der Waals surface area contributed by atoms with Crippen LogP contribution in [0, 0.1) is 0 Å². The molecule has 0 aromatic rings. The quantitative estimate of drug-likeness (QED) is 0.514. The lowest BCUT2D eigenvalue weighted by atomic mass is 10.1. The van der Waals surface area contributed by atoms with Gasteiger partial charge < -0.3 is 5.32 Å². The molecule has 0 saturated carbocycles. The molecule has 0 spiro atoms. The first-order valence-electron chi connectivity index (χ1n) is 4.45. The molecule has 0 aromatic carbocycles. The van der Waals surface area contributed by atoms with E-state index in [-0.39, 0.29) is 0 Å². The maximum Gasteiger partial charge on any atom is 0.0437 e. The molecular weight excluding hydrogens is 160 g/mol. The van der Waals surface area contributed by atoms with Crippen LogP contribution < -0.4 is 5.32 Å². The summed E-state index contributed by atoms with van der Waals surface area (Å²) < 4.78 is 0. The fourth-order valence-corrected chi connectivity index (χ4v) is 1.34. The van der Waals surface area contributed by atoms with Gasteiger partial charge in [0.25, 0.3) is 0 Å². The van der Waals surface area contributed by atoms with Crippen LogP contribution in [0.2, 0.25) is 0 Å². The van der Waals surface area contributed by atoms with Crippen molar-refractivity contribution in [2.24, 2.45) is 4.99 Å². The van der Waals surface area contributed by atoms with Gasteiger partial charge in [-0.05, 0) is 25.3 Å². The predicted octanol–water partition coefficient (Wildman–Crippen LogP) is 2.07. The van der Waals surface area contributed by atoms with Gasteiger partial charge in [-0.25, -0.2) is 0 Å². The smallest absolute Gasteiger partial charge is 0.0437 e. The topological polar surface area (TPSA) is 24.4 Å². The van der Waals surface area contributed by atoms with Gasteiger partial charge in [0.2, 0.25) is 0 Å². The number of nitrogens with zero attached hydrogens (tertiary/aromatic N) is 1. The van der Waals surface area contributed by atoms with Crippen molar-refractivity contribution in [1.29, 1.82) is 0 Å². The Kier molecular flexibility index (Phi) is 3.65. The Hall–Kier alpha value is -1.15. The van der Waals surface area contributed by atoms with Gasteiger partial charge in [-0.2, -0.15) is 0 Å². The van der Waals surface area contributed by atoms with E-state index in [4.69, 9.17) is 0 Å². The Morgan fingerprint density at radius 2 is 2.38 bits per heavy atom. The molecule has 0 saturated heterocycles. The molecule has 0 atom stereocenters. The van der Waals surface area contributed by atoms with Gasteiger partial charge in [-0.3, -0.25) is 4.99 Å². The SMILES string of the molecule is C=CC/C(=C/C1=C(C)CNC1)N=C. The molecule has 70 valence electrons. The number of nitrogens with one attached hydrogen (secondary N) is 1. The van der Waals surface area contributed by atoms with Gasteiger partial charge in [0.15, 0.2) is 0 Å². The van der Waals surface area contributed by atoms with E-state index in [1.54, 1.807) is 0 Å². The van der Waals surface area contributed by atoms with Crippen LogP contribution in [0.15, 0.2) is 40.6 Å². The highest BCUT2D eigenvalue weighted by atomic mass is 14.9. The first kappa shape index (κ1) is 9.93. The first-order chi connectivity index (χ1) is 6.27. The molecule has 1 heterocycles. The number of aliphatic imine (C=N–C) groups is 1. The van der Waals surface area contributed by atoms with Gasteiger partial charge in [0.05, 0.1) is 0 Å². The van der Waals surface area contributed by atoms with E-state index in [0.717, 1.165) is 25.2 Å². The summed E-state index contributed by atoms with van der Waals surface area (Å²) in [5.74, 6) is 0. The van der Waals surface area contributed by atoms with Gasteiger partial charge in [-0.1, -0.05) is 11.6 Å². The van der Waals surface area contributed by atoms with E-state index in [9.17, 15) is 0 Å². The average Bonchev–Trinajstić information content (AvgIpc) is 2.51. The second kappa shape index (κ2) is 4.77. The zero-order valence-corrected chi connectivity index (χ0v) is 8.14. The minimum atomic E-state index is 0.792. The third kappa shape index (κ3) is 2.67. The zero-order chi connectivity index (χ0) is 9.68. The maximum atomic E-state index is 3.95. The van der Waals surface area contributed by atoms with Crippen molar-refractivity contribution < 1.29 is 0 Å². The summed E-state index contributed by atoms with van der Waals surface area (Å²) in [5.41, 5.74) is 3.72. The fraction of sp³-hybridized carbons (Fsp3) is 0.364. The standard InChI is InChI=1S/C11H16N2/c1-4-5-11(12-3)6-10-8-13-7-9(10)2/h4,6,13H,1,3,5,7-8H2,2H3/b11-6-. The van der Waals surface area contributed by atoms with E-state index in [1.807, 2.05) is 6.08 Å². The van der Waals surface area contributed by atoms with E-state index in [2.05, 4.69) is 36.6 Å². The Labute approximate surface area is 79.8 Å². The van der Waals surface area contributed by atoms with Gasteiger partial charge in [-0.15, -0.1) is 6.58 Å². The minimum Gasteiger partial charge on any atom is -0.309 e. The monoisotopic (exact) mass is 176 g/mol. The van der Waals surface area contributed by atoms with Crippen LogP contribution >= 0.6 is 0 Å². The lowest BCUT2D eigenvalue weighted by molar-refractivity contribution is 0.867. The second-order valence-electron chi connectivity index (χ2n) is 3.20. The summed E-state index contributed by atoms with van der Waals surface area (Å²) in [6.45, 7) is 11.3. The summed E-state index contributed by atoms with van der Waals surface area (Å²) in [4.78, 5) is 3.95. The lowest BCUT2D eigenvalue weighted by Crippen LogP contribution is -2.08. The van der Waals surface area contributed by atoms with E-state index in [0.29, 0.717) is 0 Å². The van der Waals surface area contributed by atoms with Gasteiger partial charge >= 0.3 is 0 Å². The highest BCUT2D eigenvalue weighted by Gasteiger charge is 2.07. The van der Waals surface area contributed by atoms with Crippen LogP contribution in [0.1, 0.15) is 13.3 Å². The average molecular weight is 176 g/mol. The predicted molar refractivity (Wildman–Crippen MR) is 58.0 cm³/mol. The molecule has 13 heavy (non-hydrogen) atoms. The Morgan fingerprint density at radius 3 is 2.85 bits per heavy atom. The van der Waals surface area contributed by atoms with Crippen LogP contribution in [0.4, 0.5) is 0 Å². The first-order valence-corrected chi connectivity index (χ1v) is 4.45. The van der Waals surface area contributed by atoms with Crippen LogP contribution in [0.3, 0.4) is 0 Å². The molecule has 1 aliphatic rings. The Morgan fingerprint density at radius 1 is 1.62 bits per heavy atom. The molecule has 2 heteroatoms. The molecule has 2 nitrogen and oxygen atoms in total. The molecule has 1 aliphatic heterocycles. The molecule has 0 bridgehead atoms. The largest absolute Gasteiger partial charge is 0.309 e. The molecule has 0 aliphatic carbocycles. The van der Waals surface area contributed by atoms with E-state index < -0.39 is 0 Å². The van der Waals surface area contributed by atoms with Crippen molar-refractivity contribution in [3.63, 3.8) is 0 Å². The molecule has 0 radical (unpaired) electrons. The number of allylic oxidation sites excluding steroid dienone is 1. The molecular formula is C11H16N2. The summed E-state index contributed by atoms with van der Waals surface area (Å²) in [7, 11) is 0. The van der Waals surface area contributed by atoms with Crippen molar-refractivity contribution in [3.05, 3.63) is 35.6 Å². The molecule has 0 aromatic heterocycles. The van der Waals surface area contributed by atoms with Crippen LogP contribution in [0.5, 0.6) is 0 Å². The molecule has 0 unspecified atom stereocenters. The summed E-state index contributed by atoms with van der Waals surface area (Å²) in [6, 6.07) is 0. The van der Waals surface area contributed by atoms with E-state index >= 15 is 0 Å². The maximum absolute atomic E-state index is 3.95. The normalized spacial score (nSPS) is 17.8. The summed E-state index contributed by atoms with van der Waals surface area (Å²) in [5, 5.41) is 3.29. The number of hydrogen-bond acceptors (Lipinski definition) is 2. The van der Waals surface area contributed by atoms with Crippen LogP contribution in [-0.4, -0.2) is 19.8 Å². The van der Waals surface area contributed by atoms with Crippen LogP contribution in [-0.2, 0) is 0 Å². The van der Waals surface area contributed by atoms with Crippen molar-refractivity contribution in [1.82, 2.24) is 5.32 Å². The van der Waals surface area contributed by atoms with Crippen molar-refractivity contribution in [3.8, 4) is 0 Å². The van der Waals surface area contributed by atoms with Crippen molar-refractivity contribution >= 4 is 6.72 Å². The summed E-state index contributed by atoms with van der Waals surface area (Å²) in [6.07, 6.45) is 4.74. The number of hydrogen-bond donors (Lipinski definition) is 1. The third-order valence-corrected chi connectivity index (χ3v) is 2.15. The van der Waals surface area contributed by atoms with Gasteiger partial charge in [0, 0.05) is 25.2 Å². The molecule has 0 amide bonds. The van der Waals surface area contributed by atoms with Crippen molar-refractivity contribution in [2.75, 3.05) is 13.1 Å². The fourth-order valence-electron chi connectivity index (χ4n) is 1.34. The Balaban J connectivity index is 2.76. The highest BCUT2D eigenvalue weighted by Crippen LogP contribution is 2.14. The second-order valence-corrected chi connectivity index (χ2v) is 3.20. The van der Waals surface area contributed by atoms with Crippen molar-refractivity contribution in [2.45, 2.75) is 13.3 Å². The number of rotatable bonds is 4. The highest BCUT2D eigenvalue weighted by molar-refractivity contribution is 5.37. The van der Waals surface area contributed by atoms with E-state index in [1.165, 1.54) is 11.1 Å².